The highest BCUT2D eigenvalue weighted by Gasteiger charge is 2.17. The maximum atomic E-state index is 12.6. The van der Waals surface area contributed by atoms with Crippen molar-refractivity contribution in [3.63, 3.8) is 0 Å². The topological polar surface area (TPSA) is 62.6 Å². The van der Waals surface area contributed by atoms with Crippen LogP contribution in [0.25, 0.3) is 0 Å². The SMILES string of the molecule is CC[NH+](CC)Cc1ccccc1CNC(=O)C[C@H](NC(C)=O)c1ccccc1. The Bertz CT molecular complexity index is 757. The van der Waals surface area contributed by atoms with E-state index in [1.54, 1.807) is 0 Å². The molecule has 2 aromatic rings. The van der Waals surface area contributed by atoms with Crippen molar-refractivity contribution < 1.29 is 14.5 Å². The number of hydrogen-bond donors (Lipinski definition) is 3. The van der Waals surface area contributed by atoms with Crippen molar-refractivity contribution in [2.75, 3.05) is 13.1 Å². The van der Waals surface area contributed by atoms with Gasteiger partial charge in [-0.3, -0.25) is 9.59 Å². The lowest BCUT2D eigenvalue weighted by Gasteiger charge is -2.19. The molecule has 5 nitrogen and oxygen atoms in total. The molecule has 5 heteroatoms. The van der Waals surface area contributed by atoms with Gasteiger partial charge in [-0.25, -0.2) is 0 Å². The van der Waals surface area contributed by atoms with E-state index in [-0.39, 0.29) is 24.3 Å². The van der Waals surface area contributed by atoms with Crippen LogP contribution in [0.1, 0.15) is 49.9 Å². The zero-order valence-corrected chi connectivity index (χ0v) is 17.1. The third-order valence-corrected chi connectivity index (χ3v) is 5.00. The molecule has 0 aliphatic rings. The number of carbonyl (C=O) groups excluding carboxylic acids is 2. The van der Waals surface area contributed by atoms with Crippen LogP contribution in [0.4, 0.5) is 0 Å². The maximum absolute atomic E-state index is 12.6. The minimum absolute atomic E-state index is 0.0763. The average molecular weight is 383 g/mol. The lowest BCUT2D eigenvalue weighted by Crippen LogP contribution is -3.10. The van der Waals surface area contributed by atoms with Crippen molar-refractivity contribution in [2.24, 2.45) is 0 Å². The van der Waals surface area contributed by atoms with E-state index in [2.05, 4.69) is 36.6 Å². The van der Waals surface area contributed by atoms with Crippen LogP contribution in [0.15, 0.2) is 54.6 Å². The van der Waals surface area contributed by atoms with Gasteiger partial charge in [0.05, 0.1) is 25.6 Å². The lowest BCUT2D eigenvalue weighted by molar-refractivity contribution is -0.910. The fraction of sp³-hybridized carbons (Fsp3) is 0.391. The zero-order chi connectivity index (χ0) is 20.4. The molecule has 3 N–H and O–H groups in total. The van der Waals surface area contributed by atoms with Gasteiger partial charge in [0.1, 0.15) is 6.54 Å². The van der Waals surface area contributed by atoms with Gasteiger partial charge in [-0.1, -0.05) is 54.6 Å². The van der Waals surface area contributed by atoms with E-state index < -0.39 is 0 Å². The molecule has 0 heterocycles. The van der Waals surface area contributed by atoms with Crippen LogP contribution in [0.5, 0.6) is 0 Å². The van der Waals surface area contributed by atoms with Gasteiger partial charge in [0, 0.05) is 19.0 Å². The first kappa shape index (κ1) is 21.6. The average Bonchev–Trinajstić information content (AvgIpc) is 2.71. The molecule has 0 bridgehead atoms. The van der Waals surface area contributed by atoms with Crippen molar-refractivity contribution in [3.05, 3.63) is 71.3 Å². The van der Waals surface area contributed by atoms with E-state index in [4.69, 9.17) is 0 Å². The van der Waals surface area contributed by atoms with Crippen LogP contribution < -0.4 is 15.5 Å². The fourth-order valence-corrected chi connectivity index (χ4v) is 3.31. The van der Waals surface area contributed by atoms with Crippen molar-refractivity contribution in [3.8, 4) is 0 Å². The maximum Gasteiger partial charge on any atom is 0.222 e. The molecule has 150 valence electrons. The van der Waals surface area contributed by atoms with Gasteiger partial charge in [0.25, 0.3) is 0 Å². The summed E-state index contributed by atoms with van der Waals surface area (Å²) >= 11 is 0. The van der Waals surface area contributed by atoms with Crippen LogP contribution in [0.2, 0.25) is 0 Å². The monoisotopic (exact) mass is 382 g/mol. The number of amides is 2. The predicted molar refractivity (Wildman–Crippen MR) is 112 cm³/mol. The smallest absolute Gasteiger partial charge is 0.222 e. The fourth-order valence-electron chi connectivity index (χ4n) is 3.31. The third kappa shape index (κ3) is 6.82. The van der Waals surface area contributed by atoms with E-state index in [0.717, 1.165) is 30.8 Å². The normalized spacial score (nSPS) is 11.9. The number of benzene rings is 2. The molecular formula is C23H32N3O2+. The molecule has 0 aliphatic carbocycles. The molecule has 0 aromatic heterocycles. The Kier molecular flexibility index (Phi) is 8.69. The molecule has 0 aliphatic heterocycles. The van der Waals surface area contributed by atoms with Crippen molar-refractivity contribution in [1.29, 1.82) is 0 Å². The largest absolute Gasteiger partial charge is 0.352 e. The molecule has 2 aromatic carbocycles. The predicted octanol–water partition coefficient (Wildman–Crippen LogP) is 1.99. The molecule has 0 radical (unpaired) electrons. The van der Waals surface area contributed by atoms with Crippen LogP contribution in [-0.4, -0.2) is 24.9 Å². The molecule has 28 heavy (non-hydrogen) atoms. The zero-order valence-electron chi connectivity index (χ0n) is 17.1. The van der Waals surface area contributed by atoms with Crippen molar-refractivity contribution >= 4 is 11.8 Å². The first-order valence-electron chi connectivity index (χ1n) is 10.0. The molecule has 1 atom stereocenters. The molecule has 2 amide bonds. The minimum Gasteiger partial charge on any atom is -0.352 e. The molecule has 2 rings (SSSR count). The van der Waals surface area contributed by atoms with E-state index in [0.29, 0.717) is 6.54 Å². The first-order valence-corrected chi connectivity index (χ1v) is 10.0. The van der Waals surface area contributed by atoms with Crippen LogP contribution >= 0.6 is 0 Å². The Labute approximate surface area is 168 Å². The second kappa shape index (κ2) is 11.2. The Hall–Kier alpha value is -2.66. The summed E-state index contributed by atoms with van der Waals surface area (Å²) in [6.45, 7) is 9.46. The van der Waals surface area contributed by atoms with Crippen LogP contribution in [0.3, 0.4) is 0 Å². The summed E-state index contributed by atoms with van der Waals surface area (Å²) in [7, 11) is 0. The highest BCUT2D eigenvalue weighted by molar-refractivity contribution is 5.79. The summed E-state index contributed by atoms with van der Waals surface area (Å²) in [6.07, 6.45) is 0.215. The van der Waals surface area contributed by atoms with E-state index in [9.17, 15) is 9.59 Å². The van der Waals surface area contributed by atoms with Gasteiger partial charge in [0.15, 0.2) is 0 Å². The second-order valence-electron chi connectivity index (χ2n) is 7.05. The molecule has 0 fully saturated rings. The minimum atomic E-state index is -0.325. The summed E-state index contributed by atoms with van der Waals surface area (Å²) < 4.78 is 0. The highest BCUT2D eigenvalue weighted by atomic mass is 16.2. The van der Waals surface area contributed by atoms with E-state index in [1.807, 2.05) is 42.5 Å². The van der Waals surface area contributed by atoms with Gasteiger partial charge in [-0.15, -0.1) is 0 Å². The van der Waals surface area contributed by atoms with E-state index >= 15 is 0 Å². The van der Waals surface area contributed by atoms with Gasteiger partial charge < -0.3 is 15.5 Å². The lowest BCUT2D eigenvalue weighted by atomic mass is 10.0. The first-order chi connectivity index (χ1) is 13.5. The van der Waals surface area contributed by atoms with Crippen molar-refractivity contribution in [1.82, 2.24) is 10.6 Å². The number of quaternary nitrogens is 1. The van der Waals surface area contributed by atoms with Crippen LogP contribution in [-0.2, 0) is 22.7 Å². The Balaban J connectivity index is 2.00. The summed E-state index contributed by atoms with van der Waals surface area (Å²) in [6, 6.07) is 17.5. The molecule has 0 saturated carbocycles. The summed E-state index contributed by atoms with van der Waals surface area (Å²) in [5, 5.41) is 5.90. The summed E-state index contributed by atoms with van der Waals surface area (Å²) in [4.78, 5) is 25.6. The Morgan fingerprint density at radius 3 is 2.14 bits per heavy atom. The molecule has 0 spiro atoms. The van der Waals surface area contributed by atoms with Crippen molar-refractivity contribution in [2.45, 2.75) is 46.3 Å². The van der Waals surface area contributed by atoms with Gasteiger partial charge in [-0.05, 0) is 25.0 Å². The standard InChI is InChI=1S/C23H31N3O2/c1-4-26(5-2)17-21-14-10-9-13-20(21)16-24-23(28)15-22(25-18(3)27)19-11-7-6-8-12-19/h6-14,22H,4-5,15-17H2,1-3H3,(H,24,28)(H,25,27)/p+1/t22-/m0/s1. The number of carbonyl (C=O) groups is 2. The van der Waals surface area contributed by atoms with Gasteiger partial charge in [-0.2, -0.15) is 0 Å². The Morgan fingerprint density at radius 1 is 0.929 bits per heavy atom. The van der Waals surface area contributed by atoms with Gasteiger partial charge >= 0.3 is 0 Å². The highest BCUT2D eigenvalue weighted by Crippen LogP contribution is 2.16. The molecular weight excluding hydrogens is 350 g/mol. The number of hydrogen-bond acceptors (Lipinski definition) is 2. The van der Waals surface area contributed by atoms with E-state index in [1.165, 1.54) is 17.4 Å². The summed E-state index contributed by atoms with van der Waals surface area (Å²) in [5.41, 5.74) is 3.34. The molecule has 0 unspecified atom stereocenters. The Morgan fingerprint density at radius 2 is 1.54 bits per heavy atom. The molecule has 0 saturated heterocycles. The van der Waals surface area contributed by atoms with Crippen LogP contribution in [0, 0.1) is 0 Å². The van der Waals surface area contributed by atoms with Gasteiger partial charge in [0.2, 0.25) is 11.8 Å². The number of rotatable bonds is 10. The third-order valence-electron chi connectivity index (χ3n) is 5.00. The second-order valence-corrected chi connectivity index (χ2v) is 7.05. The number of nitrogens with one attached hydrogen (secondary N) is 3. The quantitative estimate of drug-likeness (QED) is 0.589. The summed E-state index contributed by atoms with van der Waals surface area (Å²) in [5.74, 6) is -0.221.